The van der Waals surface area contributed by atoms with Crippen molar-refractivity contribution in [2.75, 3.05) is 20.2 Å². The van der Waals surface area contributed by atoms with E-state index in [2.05, 4.69) is 9.73 Å². The van der Waals surface area contributed by atoms with Crippen LogP contribution in [0.1, 0.15) is 33.6 Å². The molecule has 0 saturated heterocycles. The smallest absolute Gasteiger partial charge is 0.432 e. The van der Waals surface area contributed by atoms with Crippen LogP contribution in [0.3, 0.4) is 0 Å². The van der Waals surface area contributed by atoms with Crippen LogP contribution in [-0.4, -0.2) is 59.8 Å². The predicted octanol–water partition coefficient (Wildman–Crippen LogP) is 1.60. The highest BCUT2D eigenvalue weighted by atomic mass is 16.5. The Kier molecular flexibility index (Phi) is 9.56. The Hall–Kier alpha value is -1.47. The molecule has 0 heterocycles. The quantitative estimate of drug-likeness (QED) is 0.496. The van der Waals surface area contributed by atoms with Gasteiger partial charge >= 0.3 is 12.1 Å². The summed E-state index contributed by atoms with van der Waals surface area (Å²) in [6.07, 6.45) is 1.09. The van der Waals surface area contributed by atoms with E-state index in [4.69, 9.17) is 5.11 Å². The zero-order valence-electron chi connectivity index (χ0n) is 13.2. The molecular weight excluding hydrogens is 276 g/mol. The standard InChI is InChI=1S/C14H26N2O5/c1-5-7-16(9-12(17)18)13(19)11(10(3)6-2)8-15-14(20)21-4/h8,10-11,13,19H,5-7,9H2,1-4H3,(H,17,18)/b15-8+. The number of carboxylic acids is 1. The van der Waals surface area contributed by atoms with Crippen LogP contribution in [0.25, 0.3) is 0 Å². The highest BCUT2D eigenvalue weighted by molar-refractivity contribution is 5.80. The number of carbonyl (C=O) groups excluding carboxylic acids is 1. The summed E-state index contributed by atoms with van der Waals surface area (Å²) in [4.78, 5) is 27.1. The Morgan fingerprint density at radius 3 is 2.43 bits per heavy atom. The molecule has 1 amide bonds. The van der Waals surface area contributed by atoms with Crippen molar-refractivity contribution in [1.29, 1.82) is 0 Å². The number of aliphatic hydroxyl groups is 1. The Labute approximate surface area is 125 Å². The third kappa shape index (κ3) is 7.19. The lowest BCUT2D eigenvalue weighted by atomic mass is 9.90. The first-order valence-electron chi connectivity index (χ1n) is 7.13. The number of aliphatic carboxylic acids is 1. The molecule has 3 atom stereocenters. The van der Waals surface area contributed by atoms with Gasteiger partial charge in [-0.3, -0.25) is 9.69 Å². The van der Waals surface area contributed by atoms with Gasteiger partial charge in [-0.1, -0.05) is 27.2 Å². The molecule has 0 aliphatic carbocycles. The summed E-state index contributed by atoms with van der Waals surface area (Å²) < 4.78 is 4.44. The minimum Gasteiger partial charge on any atom is -0.480 e. The monoisotopic (exact) mass is 302 g/mol. The lowest BCUT2D eigenvalue weighted by Crippen LogP contribution is -2.46. The molecule has 0 aliphatic heterocycles. The maximum Gasteiger partial charge on any atom is 0.432 e. The zero-order valence-corrected chi connectivity index (χ0v) is 13.2. The molecular formula is C14H26N2O5. The summed E-state index contributed by atoms with van der Waals surface area (Å²) in [5.74, 6) is -1.41. The van der Waals surface area contributed by atoms with Gasteiger partial charge in [0.25, 0.3) is 0 Å². The van der Waals surface area contributed by atoms with E-state index in [1.54, 1.807) is 0 Å². The van der Waals surface area contributed by atoms with Crippen molar-refractivity contribution in [3.63, 3.8) is 0 Å². The predicted molar refractivity (Wildman–Crippen MR) is 79.3 cm³/mol. The largest absolute Gasteiger partial charge is 0.480 e. The first-order chi connectivity index (χ1) is 9.87. The van der Waals surface area contributed by atoms with Crippen LogP contribution in [0.4, 0.5) is 4.79 Å². The highest BCUT2D eigenvalue weighted by Gasteiger charge is 2.29. The number of nitrogens with zero attached hydrogens (tertiary/aromatic N) is 2. The van der Waals surface area contributed by atoms with Crippen LogP contribution in [-0.2, 0) is 9.53 Å². The van der Waals surface area contributed by atoms with Crippen molar-refractivity contribution >= 4 is 18.3 Å². The number of aliphatic imine (C=N–C) groups is 1. The van der Waals surface area contributed by atoms with Crippen LogP contribution in [0.5, 0.6) is 0 Å². The molecule has 0 aromatic heterocycles. The van der Waals surface area contributed by atoms with Crippen LogP contribution < -0.4 is 0 Å². The van der Waals surface area contributed by atoms with Crippen LogP contribution >= 0.6 is 0 Å². The highest BCUT2D eigenvalue weighted by Crippen LogP contribution is 2.20. The molecule has 0 saturated carbocycles. The molecule has 7 heteroatoms. The molecule has 21 heavy (non-hydrogen) atoms. The fraction of sp³-hybridized carbons (Fsp3) is 0.786. The molecule has 0 rings (SSSR count). The Balaban J connectivity index is 5.12. The average molecular weight is 302 g/mol. The lowest BCUT2D eigenvalue weighted by Gasteiger charge is -2.33. The average Bonchev–Trinajstić information content (AvgIpc) is 2.45. The number of rotatable bonds is 9. The second-order valence-electron chi connectivity index (χ2n) is 4.99. The number of ether oxygens (including phenoxy) is 1. The van der Waals surface area contributed by atoms with E-state index in [1.165, 1.54) is 18.2 Å². The zero-order chi connectivity index (χ0) is 16.4. The summed E-state index contributed by atoms with van der Waals surface area (Å²) in [7, 11) is 1.22. The Morgan fingerprint density at radius 2 is 2.00 bits per heavy atom. The van der Waals surface area contributed by atoms with E-state index in [9.17, 15) is 14.7 Å². The molecule has 7 nitrogen and oxygen atoms in total. The maximum atomic E-state index is 11.1. The van der Waals surface area contributed by atoms with E-state index in [0.29, 0.717) is 13.0 Å². The first-order valence-corrected chi connectivity index (χ1v) is 7.13. The number of hydrogen-bond donors (Lipinski definition) is 2. The molecule has 0 spiro atoms. The fourth-order valence-electron chi connectivity index (χ4n) is 2.00. The molecule has 3 unspecified atom stereocenters. The van der Waals surface area contributed by atoms with Crippen molar-refractivity contribution in [3.8, 4) is 0 Å². The van der Waals surface area contributed by atoms with Crippen LogP contribution in [0.2, 0.25) is 0 Å². The summed E-state index contributed by atoms with van der Waals surface area (Å²) >= 11 is 0. The van der Waals surface area contributed by atoms with Gasteiger partial charge < -0.3 is 14.9 Å². The van der Waals surface area contributed by atoms with Crippen molar-refractivity contribution in [1.82, 2.24) is 4.90 Å². The summed E-state index contributed by atoms with van der Waals surface area (Å²) in [6.45, 7) is 5.97. The number of carboxylic acid groups (broad SMARTS) is 1. The molecule has 0 radical (unpaired) electrons. The minimum atomic E-state index is -1.01. The molecule has 2 N–H and O–H groups in total. The molecule has 0 aliphatic rings. The van der Waals surface area contributed by atoms with Gasteiger partial charge in [0, 0.05) is 18.7 Å². The van der Waals surface area contributed by atoms with Gasteiger partial charge in [-0.05, 0) is 12.3 Å². The topological polar surface area (TPSA) is 99.4 Å². The van der Waals surface area contributed by atoms with E-state index in [1.807, 2.05) is 20.8 Å². The minimum absolute atomic E-state index is 0.0431. The first kappa shape index (κ1) is 19.5. The third-order valence-corrected chi connectivity index (χ3v) is 3.40. The molecule has 0 bridgehead atoms. The van der Waals surface area contributed by atoms with Gasteiger partial charge in [-0.15, -0.1) is 0 Å². The van der Waals surface area contributed by atoms with E-state index in [0.717, 1.165) is 6.42 Å². The molecule has 0 aromatic rings. The number of hydrogen-bond acceptors (Lipinski definition) is 5. The van der Waals surface area contributed by atoms with Crippen molar-refractivity contribution in [2.45, 2.75) is 39.8 Å². The van der Waals surface area contributed by atoms with Gasteiger partial charge in [0.15, 0.2) is 0 Å². The van der Waals surface area contributed by atoms with Gasteiger partial charge in [0.2, 0.25) is 0 Å². The number of methoxy groups -OCH3 is 1. The van der Waals surface area contributed by atoms with E-state index >= 15 is 0 Å². The number of aliphatic hydroxyl groups excluding tert-OH is 1. The van der Waals surface area contributed by atoms with Crippen molar-refractivity contribution < 1.29 is 24.5 Å². The van der Waals surface area contributed by atoms with Crippen molar-refractivity contribution in [2.24, 2.45) is 16.8 Å². The Bertz CT molecular complexity index is 359. The molecule has 122 valence electrons. The second-order valence-corrected chi connectivity index (χ2v) is 4.99. The van der Waals surface area contributed by atoms with Gasteiger partial charge in [-0.25, -0.2) is 4.79 Å². The van der Waals surface area contributed by atoms with E-state index in [-0.39, 0.29) is 12.5 Å². The third-order valence-electron chi connectivity index (χ3n) is 3.40. The summed E-state index contributed by atoms with van der Waals surface area (Å²) in [5, 5.41) is 19.4. The summed E-state index contributed by atoms with van der Waals surface area (Å²) in [5.41, 5.74) is 0. The number of carbonyl (C=O) groups is 2. The van der Waals surface area contributed by atoms with Gasteiger partial charge in [0.05, 0.1) is 13.7 Å². The van der Waals surface area contributed by atoms with Crippen LogP contribution in [0.15, 0.2) is 4.99 Å². The molecule has 0 fully saturated rings. The van der Waals surface area contributed by atoms with Gasteiger partial charge in [-0.2, -0.15) is 4.99 Å². The molecule has 0 aromatic carbocycles. The van der Waals surface area contributed by atoms with Gasteiger partial charge in [0.1, 0.15) is 6.23 Å². The van der Waals surface area contributed by atoms with Crippen molar-refractivity contribution in [3.05, 3.63) is 0 Å². The lowest BCUT2D eigenvalue weighted by molar-refractivity contribution is -0.142. The van der Waals surface area contributed by atoms with Crippen LogP contribution in [0, 0.1) is 11.8 Å². The number of amides is 1. The Morgan fingerprint density at radius 1 is 1.38 bits per heavy atom. The fourth-order valence-corrected chi connectivity index (χ4v) is 2.00. The second kappa shape index (κ2) is 10.3. The van der Waals surface area contributed by atoms with E-state index < -0.39 is 24.2 Å². The maximum absolute atomic E-state index is 11.1. The normalized spacial score (nSPS) is 15.9. The SMILES string of the molecule is CCCN(CC(=O)O)C(O)C(/C=N/C(=O)OC)C(C)CC. The summed E-state index contributed by atoms with van der Waals surface area (Å²) in [6, 6.07) is 0.